The average molecular weight is 544 g/mol. The predicted octanol–water partition coefficient (Wildman–Crippen LogP) is 4.30. The molecule has 0 radical (unpaired) electrons. The van der Waals surface area contributed by atoms with Gasteiger partial charge in [0.1, 0.15) is 17.7 Å². The molecule has 0 aromatic heterocycles. The van der Waals surface area contributed by atoms with E-state index in [4.69, 9.17) is 0 Å². The maximum atomic E-state index is 13.4. The van der Waals surface area contributed by atoms with E-state index >= 15 is 0 Å². The Bertz CT molecular complexity index is 1440. The zero-order valence-corrected chi connectivity index (χ0v) is 21.8. The van der Waals surface area contributed by atoms with E-state index in [1.54, 1.807) is 0 Å². The minimum absolute atomic E-state index is 0.01000. The number of carbonyl (C=O) groups excluding carboxylic acids is 3. The number of thioether (sulfide) groups is 1. The highest BCUT2D eigenvalue weighted by molar-refractivity contribution is 8.14. The van der Waals surface area contributed by atoms with Crippen LogP contribution < -0.4 is 10.6 Å². The maximum Gasteiger partial charge on any atom is 0.259 e. The SMILES string of the molecule is O=C(CCC1N=C2c3ccccc3N=C(SCC(=O)Nc3ccc(F)cc3)N2C1=O)NCCc1ccccc1. The van der Waals surface area contributed by atoms with Crippen LogP contribution >= 0.6 is 11.8 Å². The standard InChI is InChI=1S/C29H26FN5O3S/c30-20-10-12-21(13-11-20)32-26(37)18-39-29-34-23-9-5-4-8-22(23)27-33-24(28(38)35(27)29)14-15-25(36)31-17-16-19-6-2-1-3-7-19/h1-13,24H,14-18H2,(H,31,36)(H,32,37). The van der Waals surface area contributed by atoms with E-state index < -0.39 is 11.9 Å². The molecule has 0 saturated heterocycles. The van der Waals surface area contributed by atoms with Crippen molar-refractivity contribution in [1.82, 2.24) is 10.2 Å². The van der Waals surface area contributed by atoms with Crippen molar-refractivity contribution in [1.29, 1.82) is 0 Å². The van der Waals surface area contributed by atoms with Gasteiger partial charge in [-0.2, -0.15) is 0 Å². The van der Waals surface area contributed by atoms with Crippen LogP contribution in [0, 0.1) is 5.82 Å². The minimum Gasteiger partial charge on any atom is -0.356 e. The molecule has 2 aliphatic rings. The molecular weight excluding hydrogens is 517 g/mol. The summed E-state index contributed by atoms with van der Waals surface area (Å²) < 4.78 is 13.1. The number of halogens is 1. The molecule has 0 aliphatic carbocycles. The molecule has 198 valence electrons. The van der Waals surface area contributed by atoms with Crippen LogP contribution in [-0.4, -0.2) is 52.0 Å². The van der Waals surface area contributed by atoms with Crippen LogP contribution in [0.1, 0.15) is 24.0 Å². The van der Waals surface area contributed by atoms with Gasteiger partial charge in [-0.25, -0.2) is 14.3 Å². The number of aliphatic imine (C=N–C) groups is 2. The first-order valence-corrected chi connectivity index (χ1v) is 13.6. The van der Waals surface area contributed by atoms with E-state index in [0.717, 1.165) is 29.3 Å². The Hall–Kier alpha value is -4.31. The van der Waals surface area contributed by atoms with Crippen LogP contribution in [-0.2, 0) is 20.8 Å². The second-order valence-corrected chi connectivity index (χ2v) is 9.96. The number of amidine groups is 2. The summed E-state index contributed by atoms with van der Waals surface area (Å²) in [6.45, 7) is 0.517. The van der Waals surface area contributed by atoms with Gasteiger partial charge < -0.3 is 10.6 Å². The van der Waals surface area contributed by atoms with Gasteiger partial charge in [-0.05, 0) is 54.8 Å². The maximum absolute atomic E-state index is 13.4. The summed E-state index contributed by atoms with van der Waals surface area (Å²) in [6.07, 6.45) is 1.16. The lowest BCUT2D eigenvalue weighted by molar-refractivity contribution is -0.125. The van der Waals surface area contributed by atoms with E-state index in [9.17, 15) is 18.8 Å². The van der Waals surface area contributed by atoms with Crippen LogP contribution in [0.3, 0.4) is 0 Å². The summed E-state index contributed by atoms with van der Waals surface area (Å²) in [4.78, 5) is 49.1. The van der Waals surface area contributed by atoms with Gasteiger partial charge in [0.25, 0.3) is 5.91 Å². The van der Waals surface area contributed by atoms with Crippen LogP contribution in [0.4, 0.5) is 15.8 Å². The summed E-state index contributed by atoms with van der Waals surface area (Å²) in [6, 6.07) is 22.0. The molecule has 8 nitrogen and oxygen atoms in total. The third-order valence-corrected chi connectivity index (χ3v) is 7.17. The molecule has 10 heteroatoms. The molecule has 2 aliphatic heterocycles. The Morgan fingerprint density at radius 1 is 0.949 bits per heavy atom. The quantitative estimate of drug-likeness (QED) is 0.420. The summed E-state index contributed by atoms with van der Waals surface area (Å²) in [5.41, 5.74) is 2.99. The first-order chi connectivity index (χ1) is 19.0. The van der Waals surface area contributed by atoms with Gasteiger partial charge in [0.15, 0.2) is 5.17 Å². The Labute approximate surface area is 229 Å². The van der Waals surface area contributed by atoms with Gasteiger partial charge in [-0.15, -0.1) is 0 Å². The number of carbonyl (C=O) groups is 3. The number of hydrogen-bond acceptors (Lipinski definition) is 6. The molecule has 1 unspecified atom stereocenters. The molecule has 3 aromatic carbocycles. The third-order valence-electron chi connectivity index (χ3n) is 6.23. The fourth-order valence-electron chi connectivity index (χ4n) is 4.29. The number of benzene rings is 3. The molecule has 3 amide bonds. The second-order valence-electron chi connectivity index (χ2n) is 9.02. The van der Waals surface area contributed by atoms with E-state index in [1.165, 1.54) is 29.2 Å². The van der Waals surface area contributed by atoms with Crippen molar-refractivity contribution in [3.05, 3.63) is 95.8 Å². The summed E-state index contributed by atoms with van der Waals surface area (Å²) >= 11 is 1.12. The van der Waals surface area contributed by atoms with Gasteiger partial charge >= 0.3 is 0 Å². The van der Waals surface area contributed by atoms with Gasteiger partial charge in [-0.1, -0.05) is 54.2 Å². The number of anilines is 1. The number of amides is 3. The van der Waals surface area contributed by atoms with Crippen molar-refractivity contribution in [3.63, 3.8) is 0 Å². The van der Waals surface area contributed by atoms with Gasteiger partial charge in [0, 0.05) is 24.2 Å². The number of rotatable bonds is 9. The molecule has 0 bridgehead atoms. The van der Waals surface area contributed by atoms with Gasteiger partial charge in [0.2, 0.25) is 11.8 Å². The van der Waals surface area contributed by atoms with E-state index in [1.807, 2.05) is 54.6 Å². The molecule has 0 saturated carbocycles. The molecule has 2 heterocycles. The molecule has 0 spiro atoms. The lowest BCUT2D eigenvalue weighted by Crippen LogP contribution is -2.41. The lowest BCUT2D eigenvalue weighted by atomic mass is 10.1. The first-order valence-electron chi connectivity index (χ1n) is 12.6. The first kappa shape index (κ1) is 26.3. The molecular formula is C29H26FN5O3S. The zero-order chi connectivity index (χ0) is 27.2. The van der Waals surface area contributed by atoms with Gasteiger partial charge in [0.05, 0.1) is 11.4 Å². The molecule has 5 rings (SSSR count). The Kier molecular flexibility index (Phi) is 8.12. The van der Waals surface area contributed by atoms with Crippen LogP contribution in [0.5, 0.6) is 0 Å². The van der Waals surface area contributed by atoms with Crippen molar-refractivity contribution >= 4 is 51.9 Å². The molecule has 1 atom stereocenters. The summed E-state index contributed by atoms with van der Waals surface area (Å²) in [5, 5.41) is 5.96. The van der Waals surface area contributed by atoms with Crippen molar-refractivity contribution < 1.29 is 18.8 Å². The molecule has 2 N–H and O–H groups in total. The van der Waals surface area contributed by atoms with Crippen molar-refractivity contribution in [3.8, 4) is 0 Å². The highest BCUT2D eigenvalue weighted by Crippen LogP contribution is 2.34. The Balaban J connectivity index is 1.21. The van der Waals surface area contributed by atoms with Crippen LogP contribution in [0.15, 0.2) is 88.8 Å². The van der Waals surface area contributed by atoms with E-state index in [2.05, 4.69) is 20.6 Å². The van der Waals surface area contributed by atoms with Crippen molar-refractivity contribution in [2.24, 2.45) is 9.98 Å². The van der Waals surface area contributed by atoms with E-state index in [-0.39, 0.29) is 36.3 Å². The average Bonchev–Trinajstić information content (AvgIpc) is 3.29. The largest absolute Gasteiger partial charge is 0.356 e. The molecule has 0 fully saturated rings. The Morgan fingerprint density at radius 3 is 2.49 bits per heavy atom. The number of para-hydroxylation sites is 1. The lowest BCUT2D eigenvalue weighted by Gasteiger charge is -2.25. The monoisotopic (exact) mass is 543 g/mol. The van der Waals surface area contributed by atoms with E-state index in [0.29, 0.717) is 28.9 Å². The Morgan fingerprint density at radius 2 is 1.69 bits per heavy atom. The third kappa shape index (κ3) is 6.40. The van der Waals surface area contributed by atoms with Gasteiger partial charge in [-0.3, -0.25) is 19.4 Å². The van der Waals surface area contributed by atoms with Crippen molar-refractivity contribution in [2.75, 3.05) is 17.6 Å². The van der Waals surface area contributed by atoms with Crippen LogP contribution in [0.25, 0.3) is 0 Å². The topological polar surface area (TPSA) is 103 Å². The number of fused-ring (bicyclic) bond motifs is 3. The zero-order valence-electron chi connectivity index (χ0n) is 21.0. The number of nitrogens with one attached hydrogen (secondary N) is 2. The smallest absolute Gasteiger partial charge is 0.259 e. The minimum atomic E-state index is -0.718. The highest BCUT2D eigenvalue weighted by atomic mass is 32.2. The predicted molar refractivity (Wildman–Crippen MR) is 151 cm³/mol. The van der Waals surface area contributed by atoms with Crippen molar-refractivity contribution in [2.45, 2.75) is 25.3 Å². The fourth-order valence-corrected chi connectivity index (χ4v) is 5.10. The molecule has 3 aromatic rings. The normalized spacial score (nSPS) is 15.7. The fraction of sp³-hybridized carbons (Fsp3) is 0.207. The highest BCUT2D eigenvalue weighted by Gasteiger charge is 2.41. The molecule has 39 heavy (non-hydrogen) atoms. The summed E-state index contributed by atoms with van der Waals surface area (Å²) in [7, 11) is 0. The summed E-state index contributed by atoms with van der Waals surface area (Å²) in [5.74, 6) is -0.657. The second kappa shape index (κ2) is 12.0. The number of nitrogens with zero attached hydrogens (tertiary/aromatic N) is 3. The number of hydrogen-bond donors (Lipinski definition) is 2. The van der Waals surface area contributed by atoms with Crippen LogP contribution in [0.2, 0.25) is 0 Å².